The Bertz CT molecular complexity index is 1070. The summed E-state index contributed by atoms with van der Waals surface area (Å²) in [5.74, 6) is -1.05. The lowest BCUT2D eigenvalue weighted by atomic mass is 10.0. The molecule has 0 bridgehead atoms. The Balaban J connectivity index is 1.71. The molecule has 0 radical (unpaired) electrons. The lowest BCUT2D eigenvalue weighted by Gasteiger charge is -2.20. The van der Waals surface area contributed by atoms with Crippen molar-refractivity contribution in [2.75, 3.05) is 5.32 Å². The summed E-state index contributed by atoms with van der Waals surface area (Å²) in [5.41, 5.74) is 1.80. The summed E-state index contributed by atoms with van der Waals surface area (Å²) in [6.07, 6.45) is 0.230. The van der Waals surface area contributed by atoms with Crippen molar-refractivity contribution in [1.29, 1.82) is 0 Å². The van der Waals surface area contributed by atoms with Crippen LogP contribution in [-0.2, 0) is 11.2 Å². The van der Waals surface area contributed by atoms with E-state index in [1.165, 1.54) is 24.1 Å². The standard InChI is InChI=1S/C26H28FN3O2S/c1-26(2,3)30-33-22-15-13-21(14-16-22)28-25(32)23(17-18-9-11-20(27)12-10-18)29-24(31)19-7-5-4-6-8-19/h4-16,23,30H,17H2,1-3H3,(H,28,32)(H,29,31)/t23-/m0/s1. The van der Waals surface area contributed by atoms with Crippen molar-refractivity contribution in [2.45, 2.75) is 43.7 Å². The zero-order chi connectivity index (χ0) is 23.8. The van der Waals surface area contributed by atoms with E-state index in [1.807, 2.05) is 30.3 Å². The van der Waals surface area contributed by atoms with E-state index in [0.29, 0.717) is 11.3 Å². The zero-order valence-corrected chi connectivity index (χ0v) is 19.7. The van der Waals surface area contributed by atoms with Crippen LogP contribution in [0, 0.1) is 5.82 Å². The van der Waals surface area contributed by atoms with E-state index in [0.717, 1.165) is 10.5 Å². The van der Waals surface area contributed by atoms with Crippen molar-refractivity contribution in [1.82, 2.24) is 10.0 Å². The molecule has 0 fully saturated rings. The maximum Gasteiger partial charge on any atom is 0.251 e. The van der Waals surface area contributed by atoms with Gasteiger partial charge in [0.05, 0.1) is 0 Å². The second kappa shape index (κ2) is 11.1. The maximum atomic E-state index is 13.3. The van der Waals surface area contributed by atoms with Gasteiger partial charge in [-0.15, -0.1) is 0 Å². The van der Waals surface area contributed by atoms with Gasteiger partial charge in [-0.3, -0.25) is 14.3 Å². The molecule has 3 aromatic carbocycles. The fourth-order valence-electron chi connectivity index (χ4n) is 2.94. The van der Waals surface area contributed by atoms with Crippen LogP contribution in [0.15, 0.2) is 83.8 Å². The summed E-state index contributed by atoms with van der Waals surface area (Å²) in [4.78, 5) is 26.8. The number of amides is 2. The second-order valence-electron chi connectivity index (χ2n) is 8.69. The summed E-state index contributed by atoms with van der Waals surface area (Å²) >= 11 is 1.52. The van der Waals surface area contributed by atoms with Crippen molar-refractivity contribution in [2.24, 2.45) is 0 Å². The molecule has 3 aromatic rings. The molecule has 0 aliphatic rings. The van der Waals surface area contributed by atoms with Crippen LogP contribution in [0.3, 0.4) is 0 Å². The molecule has 0 spiro atoms. The molecular weight excluding hydrogens is 437 g/mol. The summed E-state index contributed by atoms with van der Waals surface area (Å²) in [5, 5.41) is 5.68. The van der Waals surface area contributed by atoms with Crippen molar-refractivity contribution in [3.8, 4) is 0 Å². The fourth-order valence-corrected chi connectivity index (χ4v) is 3.64. The number of carbonyl (C=O) groups excluding carboxylic acids is 2. The number of hydrogen-bond donors (Lipinski definition) is 3. The molecule has 3 N–H and O–H groups in total. The number of carbonyl (C=O) groups is 2. The SMILES string of the molecule is CC(C)(C)NSc1ccc(NC(=O)[C@H](Cc2ccc(F)cc2)NC(=O)c2ccccc2)cc1. The van der Waals surface area contributed by atoms with E-state index >= 15 is 0 Å². The van der Waals surface area contributed by atoms with Gasteiger partial charge in [0.15, 0.2) is 0 Å². The predicted octanol–water partition coefficient (Wildman–Crippen LogP) is 5.20. The van der Waals surface area contributed by atoms with Gasteiger partial charge in [0, 0.05) is 28.1 Å². The quantitative estimate of drug-likeness (QED) is 0.400. The Hall–Kier alpha value is -3.16. The lowest BCUT2D eigenvalue weighted by molar-refractivity contribution is -0.118. The van der Waals surface area contributed by atoms with Crippen LogP contribution in [0.2, 0.25) is 0 Å². The highest BCUT2D eigenvalue weighted by atomic mass is 32.2. The molecule has 0 saturated heterocycles. The highest BCUT2D eigenvalue weighted by molar-refractivity contribution is 7.97. The van der Waals surface area contributed by atoms with E-state index in [2.05, 4.69) is 36.1 Å². The fraction of sp³-hybridized carbons (Fsp3) is 0.231. The van der Waals surface area contributed by atoms with Gasteiger partial charge in [-0.05, 0) is 86.8 Å². The van der Waals surface area contributed by atoms with Gasteiger partial charge in [0.2, 0.25) is 5.91 Å². The Labute approximate surface area is 198 Å². The third kappa shape index (κ3) is 8.04. The second-order valence-corrected chi connectivity index (χ2v) is 9.57. The van der Waals surface area contributed by atoms with Gasteiger partial charge < -0.3 is 10.6 Å². The molecule has 33 heavy (non-hydrogen) atoms. The van der Waals surface area contributed by atoms with Crippen molar-refractivity contribution < 1.29 is 14.0 Å². The Kier molecular flexibility index (Phi) is 8.25. The normalized spacial score (nSPS) is 12.1. The van der Waals surface area contributed by atoms with Crippen LogP contribution in [0.5, 0.6) is 0 Å². The van der Waals surface area contributed by atoms with Crippen LogP contribution < -0.4 is 15.4 Å². The molecule has 172 valence electrons. The molecule has 2 amide bonds. The van der Waals surface area contributed by atoms with Crippen LogP contribution in [0.25, 0.3) is 0 Å². The van der Waals surface area contributed by atoms with Crippen molar-refractivity contribution >= 4 is 29.4 Å². The third-order valence-corrected chi connectivity index (χ3v) is 5.83. The first-order chi connectivity index (χ1) is 15.7. The Morgan fingerprint density at radius 3 is 2.15 bits per heavy atom. The van der Waals surface area contributed by atoms with Gasteiger partial charge >= 0.3 is 0 Å². The lowest BCUT2D eigenvalue weighted by Crippen LogP contribution is -2.45. The number of rotatable bonds is 8. The molecular formula is C26H28FN3O2S. The molecule has 0 aliphatic carbocycles. The average molecular weight is 466 g/mol. The minimum Gasteiger partial charge on any atom is -0.340 e. The molecule has 0 aliphatic heterocycles. The molecule has 5 nitrogen and oxygen atoms in total. The number of halogens is 1. The Morgan fingerprint density at radius 1 is 0.909 bits per heavy atom. The minimum atomic E-state index is -0.834. The third-order valence-electron chi connectivity index (χ3n) is 4.61. The van der Waals surface area contributed by atoms with Gasteiger partial charge in [-0.1, -0.05) is 30.3 Å². The van der Waals surface area contributed by atoms with Crippen LogP contribution in [0.1, 0.15) is 36.7 Å². The predicted molar refractivity (Wildman–Crippen MR) is 132 cm³/mol. The molecule has 0 heterocycles. The van der Waals surface area contributed by atoms with Gasteiger partial charge in [-0.2, -0.15) is 0 Å². The van der Waals surface area contributed by atoms with Crippen molar-refractivity contribution in [3.05, 3.63) is 95.8 Å². The number of nitrogens with one attached hydrogen (secondary N) is 3. The smallest absolute Gasteiger partial charge is 0.251 e. The van der Waals surface area contributed by atoms with E-state index in [9.17, 15) is 14.0 Å². The van der Waals surface area contributed by atoms with E-state index in [-0.39, 0.29) is 29.6 Å². The summed E-state index contributed by atoms with van der Waals surface area (Å²) < 4.78 is 16.6. The Morgan fingerprint density at radius 2 is 1.55 bits per heavy atom. The minimum absolute atomic E-state index is 0.0257. The zero-order valence-electron chi connectivity index (χ0n) is 18.9. The molecule has 0 unspecified atom stereocenters. The van der Waals surface area contributed by atoms with Gasteiger partial charge in [0.1, 0.15) is 11.9 Å². The topological polar surface area (TPSA) is 70.2 Å². The highest BCUT2D eigenvalue weighted by Crippen LogP contribution is 2.21. The number of benzene rings is 3. The molecule has 7 heteroatoms. The summed E-state index contributed by atoms with van der Waals surface area (Å²) in [7, 11) is 0. The van der Waals surface area contributed by atoms with Crippen LogP contribution in [-0.4, -0.2) is 23.4 Å². The summed E-state index contributed by atoms with van der Waals surface area (Å²) in [6, 6.07) is 21.2. The first-order valence-corrected chi connectivity index (χ1v) is 11.5. The highest BCUT2D eigenvalue weighted by Gasteiger charge is 2.22. The first-order valence-electron chi connectivity index (χ1n) is 10.6. The summed E-state index contributed by atoms with van der Waals surface area (Å²) in [6.45, 7) is 6.25. The maximum absolute atomic E-state index is 13.3. The van der Waals surface area contributed by atoms with Gasteiger partial charge in [-0.25, -0.2) is 4.39 Å². The van der Waals surface area contributed by atoms with E-state index in [1.54, 1.807) is 36.4 Å². The monoisotopic (exact) mass is 465 g/mol. The molecule has 0 saturated carbocycles. The van der Waals surface area contributed by atoms with E-state index in [4.69, 9.17) is 0 Å². The van der Waals surface area contributed by atoms with Crippen LogP contribution in [0.4, 0.5) is 10.1 Å². The van der Waals surface area contributed by atoms with Crippen molar-refractivity contribution in [3.63, 3.8) is 0 Å². The molecule has 1 atom stereocenters. The van der Waals surface area contributed by atoms with Crippen LogP contribution >= 0.6 is 11.9 Å². The van der Waals surface area contributed by atoms with E-state index < -0.39 is 6.04 Å². The molecule has 0 aromatic heterocycles. The van der Waals surface area contributed by atoms with Gasteiger partial charge in [0.25, 0.3) is 5.91 Å². The molecule has 3 rings (SSSR count). The number of hydrogen-bond acceptors (Lipinski definition) is 4. The largest absolute Gasteiger partial charge is 0.340 e. The number of anilines is 1. The first kappa shape index (κ1) is 24.5. The average Bonchev–Trinajstić information content (AvgIpc) is 2.79.